The SMILES string of the molecule is Cc1cccc(NCCO)c1C=CS(=O)(=O)N1CCC2(CC1)N=C(C1CCCCC1)NC2=O. The molecule has 0 radical (unpaired) electrons. The molecule has 1 amide bonds. The van der Waals surface area contributed by atoms with Crippen molar-refractivity contribution in [2.75, 3.05) is 31.6 Å². The lowest BCUT2D eigenvalue weighted by Gasteiger charge is -2.34. The van der Waals surface area contributed by atoms with Gasteiger partial charge in [-0.05, 0) is 50.3 Å². The van der Waals surface area contributed by atoms with Gasteiger partial charge < -0.3 is 15.7 Å². The van der Waals surface area contributed by atoms with E-state index in [2.05, 4.69) is 10.6 Å². The van der Waals surface area contributed by atoms with Crippen molar-refractivity contribution in [2.24, 2.45) is 10.9 Å². The predicted molar refractivity (Wildman–Crippen MR) is 130 cm³/mol. The van der Waals surface area contributed by atoms with Gasteiger partial charge in [0.25, 0.3) is 5.91 Å². The van der Waals surface area contributed by atoms with Crippen LogP contribution >= 0.6 is 0 Å². The van der Waals surface area contributed by atoms with Crippen LogP contribution in [-0.4, -0.2) is 61.4 Å². The maximum Gasteiger partial charge on any atom is 0.253 e. The Morgan fingerprint density at radius 3 is 2.67 bits per heavy atom. The van der Waals surface area contributed by atoms with Gasteiger partial charge in [0.1, 0.15) is 11.4 Å². The summed E-state index contributed by atoms with van der Waals surface area (Å²) in [6.45, 7) is 2.83. The van der Waals surface area contributed by atoms with Crippen molar-refractivity contribution in [3.8, 4) is 0 Å². The van der Waals surface area contributed by atoms with Crippen molar-refractivity contribution in [1.29, 1.82) is 0 Å². The number of nitrogens with one attached hydrogen (secondary N) is 2. The molecule has 1 aliphatic carbocycles. The molecule has 2 fully saturated rings. The number of aryl methyl sites for hydroxylation is 1. The van der Waals surface area contributed by atoms with E-state index in [9.17, 15) is 13.2 Å². The van der Waals surface area contributed by atoms with Gasteiger partial charge in [-0.25, -0.2) is 8.42 Å². The molecule has 180 valence electrons. The van der Waals surface area contributed by atoms with Crippen molar-refractivity contribution in [3.63, 3.8) is 0 Å². The Kier molecular flexibility index (Phi) is 7.21. The molecular weight excluding hydrogens is 440 g/mol. The minimum absolute atomic E-state index is 0.0105. The molecule has 1 spiro atoms. The highest BCUT2D eigenvalue weighted by atomic mass is 32.2. The summed E-state index contributed by atoms with van der Waals surface area (Å²) in [4.78, 5) is 17.6. The summed E-state index contributed by atoms with van der Waals surface area (Å²) in [5.41, 5.74) is 1.68. The zero-order valence-electron chi connectivity index (χ0n) is 19.2. The lowest BCUT2D eigenvalue weighted by atomic mass is 9.88. The summed E-state index contributed by atoms with van der Waals surface area (Å²) in [5, 5.41) is 16.5. The number of amides is 1. The molecule has 9 heteroatoms. The van der Waals surface area contributed by atoms with E-state index in [1.54, 1.807) is 6.08 Å². The minimum atomic E-state index is -3.64. The minimum Gasteiger partial charge on any atom is -0.395 e. The van der Waals surface area contributed by atoms with Gasteiger partial charge in [-0.2, -0.15) is 4.31 Å². The van der Waals surface area contributed by atoms with E-state index >= 15 is 0 Å². The lowest BCUT2D eigenvalue weighted by molar-refractivity contribution is -0.124. The van der Waals surface area contributed by atoms with Crippen LogP contribution in [0.25, 0.3) is 6.08 Å². The molecule has 33 heavy (non-hydrogen) atoms. The van der Waals surface area contributed by atoms with E-state index < -0.39 is 15.6 Å². The predicted octanol–water partition coefficient (Wildman–Crippen LogP) is 2.64. The normalized spacial score (nSPS) is 22.0. The fourth-order valence-corrected chi connectivity index (χ4v) is 6.22. The van der Waals surface area contributed by atoms with Crippen molar-refractivity contribution in [3.05, 3.63) is 34.7 Å². The highest BCUT2D eigenvalue weighted by Crippen LogP contribution is 2.35. The van der Waals surface area contributed by atoms with Crippen LogP contribution in [0.1, 0.15) is 56.1 Å². The number of sulfonamides is 1. The topological polar surface area (TPSA) is 111 Å². The number of carbonyl (C=O) groups excluding carboxylic acids is 1. The average Bonchev–Trinajstić information content (AvgIpc) is 3.13. The van der Waals surface area contributed by atoms with Crippen molar-refractivity contribution in [1.82, 2.24) is 9.62 Å². The first kappa shape index (κ1) is 23.9. The first-order valence-electron chi connectivity index (χ1n) is 11.9. The van der Waals surface area contributed by atoms with Gasteiger partial charge in [0.15, 0.2) is 0 Å². The number of aliphatic hydroxyl groups is 1. The van der Waals surface area contributed by atoms with Crippen LogP contribution in [-0.2, 0) is 14.8 Å². The maximum atomic E-state index is 13.0. The highest BCUT2D eigenvalue weighted by Gasteiger charge is 2.48. The molecule has 4 rings (SSSR count). The second-order valence-electron chi connectivity index (χ2n) is 9.25. The summed E-state index contributed by atoms with van der Waals surface area (Å²) >= 11 is 0. The van der Waals surface area contributed by atoms with Crippen molar-refractivity contribution >= 4 is 33.5 Å². The molecule has 0 bridgehead atoms. The van der Waals surface area contributed by atoms with E-state index in [-0.39, 0.29) is 25.6 Å². The Morgan fingerprint density at radius 1 is 1.24 bits per heavy atom. The van der Waals surface area contributed by atoms with Gasteiger partial charge in [-0.15, -0.1) is 0 Å². The second-order valence-corrected chi connectivity index (χ2v) is 11.1. The van der Waals surface area contributed by atoms with E-state index in [1.807, 2.05) is 25.1 Å². The largest absolute Gasteiger partial charge is 0.395 e. The van der Waals surface area contributed by atoms with Crippen LogP contribution in [0, 0.1) is 12.8 Å². The fraction of sp³-hybridized carbons (Fsp3) is 0.583. The molecule has 3 aliphatic rings. The van der Waals surface area contributed by atoms with Gasteiger partial charge in [-0.1, -0.05) is 31.4 Å². The Labute approximate surface area is 196 Å². The van der Waals surface area contributed by atoms with Crippen molar-refractivity contribution < 1.29 is 18.3 Å². The molecule has 1 aromatic carbocycles. The molecule has 8 nitrogen and oxygen atoms in total. The number of piperidine rings is 1. The van der Waals surface area contributed by atoms with Crippen LogP contribution in [0.15, 0.2) is 28.6 Å². The Morgan fingerprint density at radius 2 is 1.97 bits per heavy atom. The third kappa shape index (κ3) is 5.15. The number of aliphatic imine (C=N–C) groups is 1. The van der Waals surface area contributed by atoms with E-state index in [0.29, 0.717) is 25.3 Å². The lowest BCUT2D eigenvalue weighted by Crippen LogP contribution is -2.50. The van der Waals surface area contributed by atoms with Crippen LogP contribution in [0.3, 0.4) is 0 Å². The first-order chi connectivity index (χ1) is 15.8. The van der Waals surface area contributed by atoms with Crippen LogP contribution in [0.2, 0.25) is 0 Å². The van der Waals surface area contributed by atoms with E-state index in [4.69, 9.17) is 10.1 Å². The van der Waals surface area contributed by atoms with Gasteiger partial charge in [0.2, 0.25) is 10.0 Å². The first-order valence-corrected chi connectivity index (χ1v) is 13.4. The maximum absolute atomic E-state index is 13.0. The summed E-state index contributed by atoms with van der Waals surface area (Å²) in [7, 11) is -3.64. The van der Waals surface area contributed by atoms with E-state index in [1.165, 1.54) is 29.0 Å². The average molecular weight is 475 g/mol. The number of rotatable bonds is 7. The molecular formula is C24H34N4O4S. The third-order valence-corrected chi connectivity index (χ3v) is 8.62. The summed E-state index contributed by atoms with van der Waals surface area (Å²) < 4.78 is 27.5. The Bertz CT molecular complexity index is 1040. The third-order valence-electron chi connectivity index (χ3n) is 7.06. The zero-order valence-corrected chi connectivity index (χ0v) is 20.0. The number of nitrogens with zero attached hydrogens (tertiary/aromatic N) is 2. The molecule has 0 unspecified atom stereocenters. The number of hydrogen-bond donors (Lipinski definition) is 3. The zero-order chi connectivity index (χ0) is 23.5. The summed E-state index contributed by atoms with van der Waals surface area (Å²) in [6, 6.07) is 5.67. The van der Waals surface area contributed by atoms with Gasteiger partial charge in [0.05, 0.1) is 6.61 Å². The fourth-order valence-electron chi connectivity index (χ4n) is 5.05. The molecule has 0 atom stereocenters. The van der Waals surface area contributed by atoms with Crippen LogP contribution in [0.5, 0.6) is 0 Å². The molecule has 1 aromatic rings. The Balaban J connectivity index is 1.44. The molecule has 3 N–H and O–H groups in total. The second kappa shape index (κ2) is 9.95. The molecule has 0 aromatic heterocycles. The number of aliphatic hydroxyl groups excluding tert-OH is 1. The number of anilines is 1. The summed E-state index contributed by atoms with van der Waals surface area (Å²) in [5.74, 6) is 1.07. The molecule has 1 saturated carbocycles. The van der Waals surface area contributed by atoms with Crippen molar-refractivity contribution in [2.45, 2.75) is 57.4 Å². The van der Waals surface area contributed by atoms with Gasteiger partial charge >= 0.3 is 0 Å². The standard InChI is InChI=1S/C24H34N4O4S/c1-18-6-5-9-21(25-13-16-29)20(18)10-17-33(31,32)28-14-11-24(12-15-28)23(30)26-22(27-24)19-7-3-2-4-8-19/h5-6,9-10,17,19,25,29H,2-4,7-8,11-16H2,1H3,(H,26,27,30). The van der Waals surface area contributed by atoms with E-state index in [0.717, 1.165) is 35.5 Å². The number of benzene rings is 1. The van der Waals surface area contributed by atoms with Gasteiger partial charge in [0, 0.05) is 42.2 Å². The van der Waals surface area contributed by atoms with Crippen LogP contribution in [0.4, 0.5) is 5.69 Å². The number of amidine groups is 1. The number of carbonyl (C=O) groups is 1. The molecule has 2 heterocycles. The number of hydrogen-bond acceptors (Lipinski definition) is 6. The highest BCUT2D eigenvalue weighted by molar-refractivity contribution is 7.92. The van der Waals surface area contributed by atoms with Gasteiger partial charge in [-0.3, -0.25) is 9.79 Å². The van der Waals surface area contributed by atoms with Crippen LogP contribution < -0.4 is 10.6 Å². The Hall–Kier alpha value is -2.23. The monoisotopic (exact) mass is 474 g/mol. The molecule has 1 saturated heterocycles. The summed E-state index contributed by atoms with van der Waals surface area (Å²) in [6.07, 6.45) is 8.11. The quantitative estimate of drug-likeness (QED) is 0.563. The molecule has 2 aliphatic heterocycles. The smallest absolute Gasteiger partial charge is 0.253 e.